The van der Waals surface area contributed by atoms with Crippen molar-refractivity contribution in [2.24, 2.45) is 5.73 Å². The summed E-state index contributed by atoms with van der Waals surface area (Å²) in [5.74, 6) is 0.152. The van der Waals surface area contributed by atoms with Gasteiger partial charge in [0.1, 0.15) is 0 Å². The van der Waals surface area contributed by atoms with E-state index in [9.17, 15) is 4.79 Å². The number of likely N-dealkylation sites (tertiary alicyclic amines) is 1. The number of nitrogens with zero attached hydrogens (tertiary/aromatic N) is 1. The standard InChI is InChI=1S/C14H29N3OS/c1-5-11(2)16-13(18)12(3)17-8-6-14(10-15,19-4)7-9-17/h11-12H,5-10,15H2,1-4H3,(H,16,18). The molecule has 0 aromatic heterocycles. The fourth-order valence-corrected chi connectivity index (χ4v) is 3.20. The monoisotopic (exact) mass is 287 g/mol. The average molecular weight is 287 g/mol. The Hall–Kier alpha value is -0.260. The highest BCUT2D eigenvalue weighted by atomic mass is 32.2. The molecule has 1 aliphatic heterocycles. The maximum absolute atomic E-state index is 12.1. The van der Waals surface area contributed by atoms with E-state index in [0.717, 1.165) is 38.9 Å². The van der Waals surface area contributed by atoms with E-state index in [-0.39, 0.29) is 22.7 Å². The van der Waals surface area contributed by atoms with Crippen LogP contribution in [0.25, 0.3) is 0 Å². The third-order valence-electron chi connectivity index (χ3n) is 4.44. The zero-order valence-electron chi connectivity index (χ0n) is 12.7. The first-order valence-corrected chi connectivity index (χ1v) is 8.50. The fraction of sp³-hybridized carbons (Fsp3) is 0.929. The molecule has 0 aromatic carbocycles. The van der Waals surface area contributed by atoms with E-state index >= 15 is 0 Å². The van der Waals surface area contributed by atoms with Gasteiger partial charge in [-0.25, -0.2) is 0 Å². The lowest BCUT2D eigenvalue weighted by Crippen LogP contribution is -2.53. The van der Waals surface area contributed by atoms with Gasteiger partial charge in [-0.3, -0.25) is 9.69 Å². The van der Waals surface area contributed by atoms with Crippen molar-refractivity contribution in [1.29, 1.82) is 0 Å². The molecule has 1 aliphatic rings. The van der Waals surface area contributed by atoms with E-state index in [1.54, 1.807) is 0 Å². The summed E-state index contributed by atoms with van der Waals surface area (Å²) in [4.78, 5) is 14.4. The molecule has 112 valence electrons. The molecule has 3 N–H and O–H groups in total. The van der Waals surface area contributed by atoms with Gasteiger partial charge < -0.3 is 11.1 Å². The second-order valence-corrected chi connectivity index (χ2v) is 6.90. The van der Waals surface area contributed by atoms with Gasteiger partial charge in [-0.1, -0.05) is 6.92 Å². The Balaban J connectivity index is 2.48. The minimum atomic E-state index is -0.0355. The smallest absolute Gasteiger partial charge is 0.237 e. The van der Waals surface area contributed by atoms with Crippen molar-refractivity contribution >= 4 is 17.7 Å². The molecule has 19 heavy (non-hydrogen) atoms. The van der Waals surface area contributed by atoms with E-state index < -0.39 is 0 Å². The van der Waals surface area contributed by atoms with Gasteiger partial charge in [-0.2, -0.15) is 11.8 Å². The molecule has 2 unspecified atom stereocenters. The van der Waals surface area contributed by atoms with Gasteiger partial charge in [0.25, 0.3) is 0 Å². The van der Waals surface area contributed by atoms with Crippen LogP contribution in [0.5, 0.6) is 0 Å². The Bertz CT molecular complexity index is 284. The summed E-state index contributed by atoms with van der Waals surface area (Å²) in [6.07, 6.45) is 5.26. The molecule has 1 fully saturated rings. The Morgan fingerprint density at radius 2 is 2.00 bits per heavy atom. The summed E-state index contributed by atoms with van der Waals surface area (Å²) in [5.41, 5.74) is 5.90. The van der Waals surface area contributed by atoms with E-state index in [1.165, 1.54) is 0 Å². The molecule has 0 spiro atoms. The summed E-state index contributed by atoms with van der Waals surface area (Å²) in [7, 11) is 0. The Labute approximate surface area is 121 Å². The summed E-state index contributed by atoms with van der Waals surface area (Å²) >= 11 is 1.88. The first-order chi connectivity index (χ1) is 8.98. The fourth-order valence-electron chi connectivity index (χ4n) is 2.44. The first kappa shape index (κ1) is 16.8. The number of nitrogens with two attached hydrogens (primary N) is 1. The topological polar surface area (TPSA) is 58.4 Å². The van der Waals surface area contributed by atoms with Gasteiger partial charge in [0, 0.05) is 30.4 Å². The molecule has 1 rings (SSSR count). The molecular weight excluding hydrogens is 258 g/mol. The molecule has 0 radical (unpaired) electrons. The van der Waals surface area contributed by atoms with Crippen LogP contribution in [0.15, 0.2) is 0 Å². The van der Waals surface area contributed by atoms with Crippen LogP contribution in [-0.2, 0) is 4.79 Å². The summed E-state index contributed by atoms with van der Waals surface area (Å²) in [6.45, 7) is 8.81. The van der Waals surface area contributed by atoms with Crippen molar-refractivity contribution in [2.45, 2.75) is 56.9 Å². The number of hydrogen-bond donors (Lipinski definition) is 2. The van der Waals surface area contributed by atoms with Crippen molar-refractivity contribution in [1.82, 2.24) is 10.2 Å². The quantitative estimate of drug-likeness (QED) is 0.776. The summed E-state index contributed by atoms with van der Waals surface area (Å²) in [6, 6.07) is 0.223. The van der Waals surface area contributed by atoms with Crippen LogP contribution in [0, 0.1) is 0 Å². The lowest BCUT2D eigenvalue weighted by Gasteiger charge is -2.42. The van der Waals surface area contributed by atoms with Gasteiger partial charge in [-0.15, -0.1) is 0 Å². The summed E-state index contributed by atoms with van der Waals surface area (Å²) < 4.78 is 0.226. The van der Waals surface area contributed by atoms with Crippen molar-refractivity contribution in [2.75, 3.05) is 25.9 Å². The molecule has 4 nitrogen and oxygen atoms in total. The molecule has 0 aliphatic carbocycles. The largest absolute Gasteiger partial charge is 0.352 e. The van der Waals surface area contributed by atoms with Gasteiger partial charge in [-0.05, 0) is 39.4 Å². The van der Waals surface area contributed by atoms with Crippen LogP contribution in [0.3, 0.4) is 0 Å². The second kappa shape index (κ2) is 7.50. The zero-order chi connectivity index (χ0) is 14.5. The summed E-state index contributed by atoms with van der Waals surface area (Å²) in [5, 5.41) is 3.06. The lowest BCUT2D eigenvalue weighted by atomic mass is 9.94. The van der Waals surface area contributed by atoms with Gasteiger partial charge >= 0.3 is 0 Å². The number of nitrogens with one attached hydrogen (secondary N) is 1. The zero-order valence-corrected chi connectivity index (χ0v) is 13.6. The van der Waals surface area contributed by atoms with Crippen LogP contribution >= 0.6 is 11.8 Å². The molecule has 5 heteroatoms. The minimum Gasteiger partial charge on any atom is -0.352 e. The number of thioether (sulfide) groups is 1. The number of piperidine rings is 1. The van der Waals surface area contributed by atoms with Crippen molar-refractivity contribution in [3.05, 3.63) is 0 Å². The van der Waals surface area contributed by atoms with Crippen molar-refractivity contribution in [3.63, 3.8) is 0 Å². The van der Waals surface area contributed by atoms with Crippen LogP contribution < -0.4 is 11.1 Å². The number of hydrogen-bond acceptors (Lipinski definition) is 4. The molecule has 1 amide bonds. The van der Waals surface area contributed by atoms with E-state index in [0.29, 0.717) is 0 Å². The van der Waals surface area contributed by atoms with E-state index in [4.69, 9.17) is 5.73 Å². The predicted octanol–water partition coefficient (Wildman–Crippen LogP) is 1.45. The van der Waals surface area contributed by atoms with Crippen LogP contribution in [0.1, 0.15) is 40.0 Å². The third kappa shape index (κ3) is 4.36. The molecular formula is C14H29N3OS. The van der Waals surface area contributed by atoms with Gasteiger partial charge in [0.2, 0.25) is 5.91 Å². The highest BCUT2D eigenvalue weighted by molar-refractivity contribution is 8.00. The average Bonchev–Trinajstić information content (AvgIpc) is 2.46. The van der Waals surface area contributed by atoms with E-state index in [1.807, 2.05) is 25.6 Å². The van der Waals surface area contributed by atoms with Crippen LogP contribution in [-0.4, -0.2) is 53.5 Å². The van der Waals surface area contributed by atoms with Crippen LogP contribution in [0.4, 0.5) is 0 Å². The normalized spacial score (nSPS) is 22.8. The molecule has 0 bridgehead atoms. The number of carbonyl (C=O) groups excluding carboxylic acids is 1. The van der Waals surface area contributed by atoms with Crippen LogP contribution in [0.2, 0.25) is 0 Å². The van der Waals surface area contributed by atoms with Crippen molar-refractivity contribution < 1.29 is 4.79 Å². The van der Waals surface area contributed by atoms with Gasteiger partial charge in [0.05, 0.1) is 6.04 Å². The van der Waals surface area contributed by atoms with E-state index in [2.05, 4.69) is 23.4 Å². The molecule has 2 atom stereocenters. The Morgan fingerprint density at radius 1 is 1.42 bits per heavy atom. The Morgan fingerprint density at radius 3 is 2.42 bits per heavy atom. The lowest BCUT2D eigenvalue weighted by molar-refractivity contribution is -0.127. The SMILES string of the molecule is CCC(C)NC(=O)C(C)N1CCC(CN)(SC)CC1. The van der Waals surface area contributed by atoms with Crippen molar-refractivity contribution in [3.8, 4) is 0 Å². The number of amides is 1. The maximum Gasteiger partial charge on any atom is 0.237 e. The molecule has 1 saturated heterocycles. The highest BCUT2D eigenvalue weighted by Crippen LogP contribution is 2.33. The third-order valence-corrected chi connectivity index (χ3v) is 5.88. The molecule has 0 saturated carbocycles. The highest BCUT2D eigenvalue weighted by Gasteiger charge is 2.35. The Kier molecular flexibility index (Phi) is 6.63. The number of carbonyl (C=O) groups is 1. The molecule has 0 aromatic rings. The number of rotatable bonds is 6. The predicted molar refractivity (Wildman–Crippen MR) is 83.5 cm³/mol. The molecule has 1 heterocycles. The minimum absolute atomic E-state index is 0.0355. The first-order valence-electron chi connectivity index (χ1n) is 7.27. The van der Waals surface area contributed by atoms with Gasteiger partial charge in [0.15, 0.2) is 0 Å². The second-order valence-electron chi connectivity index (χ2n) is 5.62. The maximum atomic E-state index is 12.1.